The first-order chi connectivity index (χ1) is 9.74. The van der Waals surface area contributed by atoms with Gasteiger partial charge >= 0.3 is 0 Å². The average molecular weight is 294 g/mol. The van der Waals surface area contributed by atoms with Gasteiger partial charge in [-0.3, -0.25) is 4.90 Å². The summed E-state index contributed by atoms with van der Waals surface area (Å²) >= 11 is 6.23. The Kier molecular flexibility index (Phi) is 4.49. The van der Waals surface area contributed by atoms with Crippen molar-refractivity contribution >= 4 is 17.3 Å². The maximum Gasteiger partial charge on any atom is 0.0455 e. The van der Waals surface area contributed by atoms with Crippen LogP contribution in [0.5, 0.6) is 0 Å². The van der Waals surface area contributed by atoms with Gasteiger partial charge in [0.15, 0.2) is 0 Å². The molecule has 0 atom stereocenters. The van der Waals surface area contributed by atoms with E-state index in [0.29, 0.717) is 0 Å². The van der Waals surface area contributed by atoms with Crippen molar-refractivity contribution in [1.82, 2.24) is 10.2 Å². The minimum Gasteiger partial charge on any atom is -0.369 e. The Hall–Kier alpha value is -0.770. The number of hydrogen-bond donors (Lipinski definition) is 1. The second kappa shape index (κ2) is 6.33. The highest BCUT2D eigenvalue weighted by Gasteiger charge is 2.21. The van der Waals surface area contributed by atoms with Crippen LogP contribution in [0, 0.1) is 12.8 Å². The third-order valence-electron chi connectivity index (χ3n) is 4.67. The van der Waals surface area contributed by atoms with Crippen LogP contribution in [0.15, 0.2) is 18.2 Å². The Morgan fingerprint density at radius 1 is 1.20 bits per heavy atom. The van der Waals surface area contributed by atoms with Crippen LogP contribution in [0.3, 0.4) is 0 Å². The van der Waals surface area contributed by atoms with Gasteiger partial charge in [0.25, 0.3) is 0 Å². The van der Waals surface area contributed by atoms with Gasteiger partial charge in [-0.1, -0.05) is 17.7 Å². The number of anilines is 1. The summed E-state index contributed by atoms with van der Waals surface area (Å²) in [6, 6.07) is 6.22. The van der Waals surface area contributed by atoms with Crippen LogP contribution in [-0.2, 0) is 0 Å². The predicted octanol–water partition coefficient (Wildman–Crippen LogP) is 2.38. The smallest absolute Gasteiger partial charge is 0.0455 e. The van der Waals surface area contributed by atoms with Gasteiger partial charge in [-0.2, -0.15) is 0 Å². The van der Waals surface area contributed by atoms with Gasteiger partial charge in [0, 0.05) is 36.9 Å². The zero-order chi connectivity index (χ0) is 13.9. The van der Waals surface area contributed by atoms with Gasteiger partial charge in [0.2, 0.25) is 0 Å². The molecule has 1 aromatic rings. The minimum atomic E-state index is 0.877. The van der Waals surface area contributed by atoms with E-state index in [-0.39, 0.29) is 0 Å². The number of hydrogen-bond acceptors (Lipinski definition) is 3. The average Bonchev–Trinajstić information content (AvgIpc) is 2.41. The number of nitrogens with one attached hydrogen (secondary N) is 1. The minimum absolute atomic E-state index is 0.877. The van der Waals surface area contributed by atoms with Crippen molar-refractivity contribution < 1.29 is 0 Å². The lowest BCUT2D eigenvalue weighted by Gasteiger charge is -2.38. The van der Waals surface area contributed by atoms with Crippen molar-refractivity contribution in [3.8, 4) is 0 Å². The normalized spacial score (nSPS) is 21.0. The van der Waals surface area contributed by atoms with Crippen LogP contribution in [0.1, 0.15) is 12.0 Å². The van der Waals surface area contributed by atoms with Gasteiger partial charge in [0.05, 0.1) is 0 Å². The zero-order valence-corrected chi connectivity index (χ0v) is 13.0. The largest absolute Gasteiger partial charge is 0.369 e. The molecule has 2 fully saturated rings. The molecular formula is C16H24ClN3. The Morgan fingerprint density at radius 3 is 2.60 bits per heavy atom. The summed E-state index contributed by atoms with van der Waals surface area (Å²) in [5, 5.41) is 4.23. The Balaban J connectivity index is 1.51. The lowest BCUT2D eigenvalue weighted by atomic mass is 9.99. The number of rotatable bonds is 4. The molecule has 0 bridgehead atoms. The van der Waals surface area contributed by atoms with Crippen LogP contribution in [-0.4, -0.2) is 50.7 Å². The van der Waals surface area contributed by atoms with Crippen LogP contribution < -0.4 is 10.2 Å². The van der Waals surface area contributed by atoms with Crippen LogP contribution in [0.25, 0.3) is 0 Å². The highest BCUT2D eigenvalue weighted by molar-refractivity contribution is 6.31. The molecular weight excluding hydrogens is 270 g/mol. The van der Waals surface area contributed by atoms with E-state index in [1.54, 1.807) is 0 Å². The molecule has 3 nitrogen and oxygen atoms in total. The SMILES string of the molecule is Cc1c(Cl)cccc1N1CCN(CCC2CNC2)CC1. The van der Waals surface area contributed by atoms with Crippen LogP contribution in [0.4, 0.5) is 5.69 Å². The molecule has 0 saturated carbocycles. The van der Waals surface area contributed by atoms with E-state index < -0.39 is 0 Å². The Labute approximate surface area is 126 Å². The highest BCUT2D eigenvalue weighted by Crippen LogP contribution is 2.27. The van der Waals surface area contributed by atoms with Crippen molar-refractivity contribution in [3.63, 3.8) is 0 Å². The molecule has 20 heavy (non-hydrogen) atoms. The summed E-state index contributed by atoms with van der Waals surface area (Å²) in [6.45, 7) is 10.4. The van der Waals surface area contributed by atoms with E-state index >= 15 is 0 Å². The second-order valence-electron chi connectivity index (χ2n) is 6.03. The summed E-state index contributed by atoms with van der Waals surface area (Å²) in [7, 11) is 0. The monoisotopic (exact) mass is 293 g/mol. The molecule has 0 unspecified atom stereocenters. The molecule has 2 aliphatic rings. The third kappa shape index (κ3) is 3.11. The molecule has 4 heteroatoms. The summed E-state index contributed by atoms with van der Waals surface area (Å²) in [5.74, 6) is 0.920. The van der Waals surface area contributed by atoms with Crippen molar-refractivity contribution in [2.24, 2.45) is 5.92 Å². The first-order valence-corrected chi connectivity index (χ1v) is 8.05. The molecule has 0 aliphatic carbocycles. The third-order valence-corrected chi connectivity index (χ3v) is 5.08. The standard InChI is InChI=1S/C16H24ClN3/c1-13-15(17)3-2-4-16(13)20-9-7-19(8-10-20)6-5-14-11-18-12-14/h2-4,14,18H,5-12H2,1H3. The first kappa shape index (κ1) is 14.2. The van der Waals surface area contributed by atoms with Crippen molar-refractivity contribution in [3.05, 3.63) is 28.8 Å². The highest BCUT2D eigenvalue weighted by atomic mass is 35.5. The predicted molar refractivity (Wildman–Crippen MR) is 85.8 cm³/mol. The fourth-order valence-corrected chi connectivity index (χ4v) is 3.24. The second-order valence-corrected chi connectivity index (χ2v) is 6.43. The van der Waals surface area contributed by atoms with E-state index in [1.807, 2.05) is 6.07 Å². The number of piperazine rings is 1. The Bertz CT molecular complexity index is 451. The summed E-state index contributed by atoms with van der Waals surface area (Å²) < 4.78 is 0. The molecule has 2 saturated heterocycles. The molecule has 0 radical (unpaired) electrons. The van der Waals surface area contributed by atoms with Crippen LogP contribution >= 0.6 is 11.6 Å². The maximum atomic E-state index is 6.23. The van der Waals surface area contributed by atoms with Crippen molar-refractivity contribution in [2.75, 3.05) is 50.7 Å². The molecule has 0 spiro atoms. The lowest BCUT2D eigenvalue weighted by molar-refractivity contribution is 0.216. The molecule has 2 aliphatic heterocycles. The molecule has 110 valence electrons. The van der Waals surface area contributed by atoms with E-state index in [0.717, 1.165) is 24.0 Å². The number of benzene rings is 1. The summed E-state index contributed by atoms with van der Waals surface area (Å²) in [6.07, 6.45) is 1.35. The van der Waals surface area contributed by atoms with E-state index in [2.05, 4.69) is 34.2 Å². The summed E-state index contributed by atoms with van der Waals surface area (Å²) in [4.78, 5) is 5.08. The molecule has 3 rings (SSSR count). The lowest BCUT2D eigenvalue weighted by Crippen LogP contribution is -2.49. The van der Waals surface area contributed by atoms with Crippen molar-refractivity contribution in [1.29, 1.82) is 0 Å². The number of halogens is 1. The van der Waals surface area contributed by atoms with Gasteiger partial charge in [0.1, 0.15) is 0 Å². The fourth-order valence-electron chi connectivity index (χ4n) is 3.07. The fraction of sp³-hybridized carbons (Fsp3) is 0.625. The van der Waals surface area contributed by atoms with Crippen LogP contribution in [0.2, 0.25) is 5.02 Å². The summed E-state index contributed by atoms with van der Waals surface area (Å²) in [5.41, 5.74) is 2.52. The van der Waals surface area contributed by atoms with Gasteiger partial charge in [-0.25, -0.2) is 0 Å². The maximum absolute atomic E-state index is 6.23. The zero-order valence-electron chi connectivity index (χ0n) is 12.2. The molecule has 2 heterocycles. The van der Waals surface area contributed by atoms with Gasteiger partial charge < -0.3 is 10.2 Å². The molecule has 0 amide bonds. The Morgan fingerprint density at radius 2 is 1.95 bits per heavy atom. The van der Waals surface area contributed by atoms with Crippen molar-refractivity contribution in [2.45, 2.75) is 13.3 Å². The van der Waals surface area contributed by atoms with E-state index in [1.165, 1.54) is 50.4 Å². The van der Waals surface area contributed by atoms with Gasteiger partial charge in [-0.05, 0) is 56.6 Å². The van der Waals surface area contributed by atoms with E-state index in [4.69, 9.17) is 11.6 Å². The first-order valence-electron chi connectivity index (χ1n) is 7.67. The molecule has 1 N–H and O–H groups in total. The van der Waals surface area contributed by atoms with E-state index in [9.17, 15) is 0 Å². The number of nitrogens with zero attached hydrogens (tertiary/aromatic N) is 2. The van der Waals surface area contributed by atoms with Gasteiger partial charge in [-0.15, -0.1) is 0 Å². The molecule has 1 aromatic carbocycles. The quantitative estimate of drug-likeness (QED) is 0.919. The molecule has 0 aromatic heterocycles. The topological polar surface area (TPSA) is 18.5 Å².